The van der Waals surface area contributed by atoms with Gasteiger partial charge in [0.15, 0.2) is 0 Å². The number of aromatic hydroxyl groups is 1. The predicted molar refractivity (Wildman–Crippen MR) is 66.7 cm³/mol. The van der Waals surface area contributed by atoms with Crippen LogP contribution in [0.25, 0.3) is 0 Å². The van der Waals surface area contributed by atoms with Gasteiger partial charge in [-0.2, -0.15) is 0 Å². The standard InChI is InChI=1S/C13H14N2O2/c14-15-12-7-6-11(8-13(12)16)17-9-10-4-2-1-3-5-10/h1-8,15-16H,9,14H2. The molecule has 17 heavy (non-hydrogen) atoms. The average Bonchev–Trinajstić information content (AvgIpc) is 2.38. The van der Waals surface area contributed by atoms with Gasteiger partial charge in [0.05, 0.1) is 5.69 Å². The van der Waals surface area contributed by atoms with Crippen molar-refractivity contribution in [3.05, 3.63) is 54.1 Å². The van der Waals surface area contributed by atoms with E-state index in [0.717, 1.165) is 5.56 Å². The number of anilines is 1. The van der Waals surface area contributed by atoms with E-state index in [9.17, 15) is 5.11 Å². The second kappa shape index (κ2) is 5.23. The second-order valence-corrected chi connectivity index (χ2v) is 3.60. The van der Waals surface area contributed by atoms with Crippen molar-refractivity contribution in [3.8, 4) is 11.5 Å². The van der Waals surface area contributed by atoms with Crippen LogP contribution in [0.1, 0.15) is 5.56 Å². The Morgan fingerprint density at radius 2 is 1.88 bits per heavy atom. The number of hydrogen-bond acceptors (Lipinski definition) is 4. The molecule has 0 amide bonds. The van der Waals surface area contributed by atoms with Gasteiger partial charge in [-0.3, -0.25) is 5.84 Å². The van der Waals surface area contributed by atoms with E-state index in [1.54, 1.807) is 12.1 Å². The van der Waals surface area contributed by atoms with Crippen molar-refractivity contribution in [2.75, 3.05) is 5.43 Å². The Kier molecular flexibility index (Phi) is 3.47. The zero-order chi connectivity index (χ0) is 12.1. The first kappa shape index (κ1) is 11.3. The summed E-state index contributed by atoms with van der Waals surface area (Å²) in [7, 11) is 0. The Labute approximate surface area is 99.6 Å². The maximum absolute atomic E-state index is 9.57. The van der Waals surface area contributed by atoms with E-state index in [0.29, 0.717) is 18.0 Å². The molecule has 88 valence electrons. The number of rotatable bonds is 4. The Balaban J connectivity index is 2.02. The average molecular weight is 230 g/mol. The summed E-state index contributed by atoms with van der Waals surface area (Å²) in [6.07, 6.45) is 0. The molecule has 0 aliphatic carbocycles. The fraction of sp³-hybridized carbons (Fsp3) is 0.0769. The molecule has 0 heterocycles. The van der Waals surface area contributed by atoms with Gasteiger partial charge in [0.25, 0.3) is 0 Å². The third kappa shape index (κ3) is 2.89. The first-order valence-corrected chi connectivity index (χ1v) is 5.26. The molecule has 0 aliphatic heterocycles. The molecule has 0 aliphatic rings. The minimum absolute atomic E-state index is 0.0676. The Bertz CT molecular complexity index is 486. The number of hydrogen-bond donors (Lipinski definition) is 3. The van der Waals surface area contributed by atoms with E-state index in [1.807, 2.05) is 30.3 Å². The third-order valence-corrected chi connectivity index (χ3v) is 2.37. The fourth-order valence-corrected chi connectivity index (χ4v) is 1.46. The van der Waals surface area contributed by atoms with Crippen LogP contribution >= 0.6 is 0 Å². The number of nitrogen functional groups attached to an aromatic ring is 1. The zero-order valence-electron chi connectivity index (χ0n) is 9.26. The SMILES string of the molecule is NNc1ccc(OCc2ccccc2)cc1O. The number of ether oxygens (including phenoxy) is 1. The van der Waals surface area contributed by atoms with Crippen molar-refractivity contribution in [2.45, 2.75) is 6.61 Å². The highest BCUT2D eigenvalue weighted by atomic mass is 16.5. The van der Waals surface area contributed by atoms with Crippen LogP contribution in [-0.4, -0.2) is 5.11 Å². The molecule has 2 aromatic carbocycles. The number of benzene rings is 2. The lowest BCUT2D eigenvalue weighted by atomic mass is 10.2. The van der Waals surface area contributed by atoms with Crippen LogP contribution in [0.2, 0.25) is 0 Å². The highest BCUT2D eigenvalue weighted by molar-refractivity contribution is 5.57. The van der Waals surface area contributed by atoms with Gasteiger partial charge in [0.2, 0.25) is 0 Å². The molecule has 0 aromatic heterocycles. The van der Waals surface area contributed by atoms with Crippen LogP contribution in [-0.2, 0) is 6.61 Å². The summed E-state index contributed by atoms with van der Waals surface area (Å²) in [5.74, 6) is 5.88. The van der Waals surface area contributed by atoms with Crippen molar-refractivity contribution in [1.29, 1.82) is 0 Å². The van der Waals surface area contributed by atoms with Crippen molar-refractivity contribution in [1.82, 2.24) is 0 Å². The summed E-state index contributed by atoms with van der Waals surface area (Å²) in [6.45, 7) is 0.468. The van der Waals surface area contributed by atoms with Crippen molar-refractivity contribution >= 4 is 5.69 Å². The minimum atomic E-state index is 0.0676. The van der Waals surface area contributed by atoms with Gasteiger partial charge in [-0.05, 0) is 17.7 Å². The van der Waals surface area contributed by atoms with Crippen LogP contribution in [0, 0.1) is 0 Å². The Morgan fingerprint density at radius 1 is 1.12 bits per heavy atom. The maximum atomic E-state index is 9.57. The first-order chi connectivity index (χ1) is 8.29. The highest BCUT2D eigenvalue weighted by Crippen LogP contribution is 2.27. The molecular formula is C13H14N2O2. The summed E-state index contributed by atoms with van der Waals surface area (Å²) in [5, 5.41) is 9.57. The number of phenols is 1. The summed E-state index contributed by atoms with van der Waals surface area (Å²) in [5.41, 5.74) is 3.94. The second-order valence-electron chi connectivity index (χ2n) is 3.60. The van der Waals surface area contributed by atoms with Gasteiger partial charge in [-0.1, -0.05) is 30.3 Å². The topological polar surface area (TPSA) is 67.5 Å². The lowest BCUT2D eigenvalue weighted by Crippen LogP contribution is -2.06. The van der Waals surface area contributed by atoms with Crippen LogP contribution < -0.4 is 16.0 Å². The molecule has 0 bridgehead atoms. The quantitative estimate of drug-likeness (QED) is 0.428. The Hall–Kier alpha value is -2.20. The summed E-state index contributed by atoms with van der Waals surface area (Å²) in [4.78, 5) is 0. The molecule has 0 fully saturated rings. The zero-order valence-corrected chi connectivity index (χ0v) is 9.26. The van der Waals surface area contributed by atoms with E-state index >= 15 is 0 Å². The van der Waals surface area contributed by atoms with Gasteiger partial charge in [0, 0.05) is 6.07 Å². The highest BCUT2D eigenvalue weighted by Gasteiger charge is 2.02. The van der Waals surface area contributed by atoms with Crippen LogP contribution in [0.3, 0.4) is 0 Å². The lowest BCUT2D eigenvalue weighted by molar-refractivity contribution is 0.304. The Morgan fingerprint density at radius 3 is 2.53 bits per heavy atom. The molecule has 2 aromatic rings. The molecule has 4 heteroatoms. The molecule has 0 atom stereocenters. The lowest BCUT2D eigenvalue weighted by Gasteiger charge is -2.08. The number of phenolic OH excluding ortho intramolecular Hbond substituents is 1. The van der Waals surface area contributed by atoms with E-state index in [1.165, 1.54) is 6.07 Å². The molecule has 0 radical (unpaired) electrons. The van der Waals surface area contributed by atoms with Crippen molar-refractivity contribution < 1.29 is 9.84 Å². The van der Waals surface area contributed by atoms with Gasteiger partial charge >= 0.3 is 0 Å². The predicted octanol–water partition coefficient (Wildman–Crippen LogP) is 2.26. The largest absolute Gasteiger partial charge is 0.506 e. The smallest absolute Gasteiger partial charge is 0.143 e. The van der Waals surface area contributed by atoms with E-state index in [-0.39, 0.29) is 5.75 Å². The van der Waals surface area contributed by atoms with Gasteiger partial charge in [0.1, 0.15) is 18.1 Å². The van der Waals surface area contributed by atoms with Gasteiger partial charge < -0.3 is 15.3 Å². The van der Waals surface area contributed by atoms with Crippen molar-refractivity contribution in [2.24, 2.45) is 5.84 Å². The first-order valence-electron chi connectivity index (χ1n) is 5.26. The molecule has 2 rings (SSSR count). The van der Waals surface area contributed by atoms with Gasteiger partial charge in [-0.15, -0.1) is 0 Å². The fourth-order valence-electron chi connectivity index (χ4n) is 1.46. The normalized spacial score (nSPS) is 9.94. The summed E-state index contributed by atoms with van der Waals surface area (Å²) >= 11 is 0. The molecule has 0 spiro atoms. The third-order valence-electron chi connectivity index (χ3n) is 2.37. The minimum Gasteiger partial charge on any atom is -0.506 e. The molecule has 0 saturated heterocycles. The maximum Gasteiger partial charge on any atom is 0.143 e. The molecule has 0 saturated carbocycles. The number of nitrogens with two attached hydrogens (primary N) is 1. The summed E-state index contributed by atoms with van der Waals surface area (Å²) in [6, 6.07) is 14.8. The van der Waals surface area contributed by atoms with E-state index < -0.39 is 0 Å². The van der Waals surface area contributed by atoms with Crippen LogP contribution in [0.4, 0.5) is 5.69 Å². The van der Waals surface area contributed by atoms with Gasteiger partial charge in [-0.25, -0.2) is 0 Å². The monoisotopic (exact) mass is 230 g/mol. The van der Waals surface area contributed by atoms with Crippen molar-refractivity contribution in [3.63, 3.8) is 0 Å². The van der Waals surface area contributed by atoms with Crippen LogP contribution in [0.15, 0.2) is 48.5 Å². The van der Waals surface area contributed by atoms with E-state index in [4.69, 9.17) is 10.6 Å². The molecular weight excluding hydrogens is 216 g/mol. The summed E-state index contributed by atoms with van der Waals surface area (Å²) < 4.78 is 5.54. The molecule has 4 nitrogen and oxygen atoms in total. The van der Waals surface area contributed by atoms with Crippen LogP contribution in [0.5, 0.6) is 11.5 Å². The molecule has 0 unspecified atom stereocenters. The number of nitrogens with one attached hydrogen (secondary N) is 1. The van der Waals surface area contributed by atoms with E-state index in [2.05, 4.69) is 5.43 Å². The number of hydrazine groups is 1. The molecule has 4 N–H and O–H groups in total.